The summed E-state index contributed by atoms with van der Waals surface area (Å²) in [7, 11) is 2.02. The highest BCUT2D eigenvalue weighted by Gasteiger charge is 2.27. The molecular weight excluding hydrogens is 286 g/mol. The van der Waals surface area contributed by atoms with Crippen molar-refractivity contribution in [2.24, 2.45) is 0 Å². The second-order valence-corrected chi connectivity index (χ2v) is 5.64. The number of piperazine rings is 1. The van der Waals surface area contributed by atoms with E-state index in [4.69, 9.17) is 0 Å². The van der Waals surface area contributed by atoms with Crippen LogP contribution in [0.4, 0.5) is 0 Å². The quantitative estimate of drug-likeness (QED) is 0.731. The lowest BCUT2D eigenvalue weighted by Gasteiger charge is -2.38. The number of nitrogens with one attached hydrogen (secondary N) is 2. The molecule has 116 valence electrons. The largest absolute Gasteiger partial charge is 0.333 e. The molecular formula is C14H17N5O3. The zero-order valence-electron chi connectivity index (χ0n) is 12.4. The summed E-state index contributed by atoms with van der Waals surface area (Å²) in [6, 6.07) is 1.57. The van der Waals surface area contributed by atoms with Crippen LogP contribution in [0.1, 0.15) is 17.3 Å². The average Bonchev–Trinajstić information content (AvgIpc) is 2.46. The Morgan fingerprint density at radius 1 is 1.32 bits per heavy atom. The molecule has 1 aliphatic rings. The van der Waals surface area contributed by atoms with Crippen molar-refractivity contribution in [1.29, 1.82) is 0 Å². The first-order valence-corrected chi connectivity index (χ1v) is 7.07. The number of H-pyrrole nitrogens is 2. The molecule has 0 aromatic carbocycles. The summed E-state index contributed by atoms with van der Waals surface area (Å²) in [5.41, 5.74) is -0.637. The van der Waals surface area contributed by atoms with Gasteiger partial charge in [0.25, 0.3) is 11.5 Å². The van der Waals surface area contributed by atoms with Crippen LogP contribution in [-0.2, 0) is 0 Å². The van der Waals surface area contributed by atoms with Gasteiger partial charge in [-0.05, 0) is 20.0 Å². The maximum Gasteiger partial charge on any atom is 0.327 e. The molecule has 0 aliphatic carbocycles. The zero-order chi connectivity index (χ0) is 15.9. The van der Waals surface area contributed by atoms with Gasteiger partial charge < -0.3 is 9.80 Å². The minimum Gasteiger partial charge on any atom is -0.333 e. The van der Waals surface area contributed by atoms with Crippen LogP contribution in [0.15, 0.2) is 21.9 Å². The van der Waals surface area contributed by atoms with Crippen molar-refractivity contribution in [2.75, 3.05) is 26.7 Å². The third kappa shape index (κ3) is 2.52. The van der Waals surface area contributed by atoms with Gasteiger partial charge in [-0.2, -0.15) is 0 Å². The van der Waals surface area contributed by atoms with Gasteiger partial charge in [0.05, 0.1) is 10.9 Å². The second kappa shape index (κ2) is 5.38. The Balaban J connectivity index is 1.98. The number of carbonyl (C=O) groups is 1. The molecule has 1 atom stereocenters. The number of hydrogen-bond acceptors (Lipinski definition) is 5. The molecule has 0 spiro atoms. The van der Waals surface area contributed by atoms with Crippen LogP contribution in [0.5, 0.6) is 0 Å². The first-order valence-electron chi connectivity index (χ1n) is 7.07. The molecule has 1 unspecified atom stereocenters. The number of rotatable bonds is 1. The lowest BCUT2D eigenvalue weighted by molar-refractivity contribution is 0.0533. The molecule has 8 heteroatoms. The third-order valence-electron chi connectivity index (χ3n) is 3.93. The summed E-state index contributed by atoms with van der Waals surface area (Å²) < 4.78 is 0. The van der Waals surface area contributed by atoms with Gasteiger partial charge >= 0.3 is 5.69 Å². The normalized spacial score (nSPS) is 19.5. The molecule has 1 fully saturated rings. The molecule has 8 nitrogen and oxygen atoms in total. The lowest BCUT2D eigenvalue weighted by atomic mass is 10.1. The number of amides is 1. The monoisotopic (exact) mass is 303 g/mol. The van der Waals surface area contributed by atoms with Crippen molar-refractivity contribution in [2.45, 2.75) is 13.0 Å². The summed E-state index contributed by atoms with van der Waals surface area (Å²) in [4.78, 5) is 48.2. The summed E-state index contributed by atoms with van der Waals surface area (Å²) in [5.74, 6) is -0.152. The van der Waals surface area contributed by atoms with Crippen LogP contribution in [0.25, 0.3) is 11.0 Å². The first kappa shape index (κ1) is 14.5. The van der Waals surface area contributed by atoms with Crippen LogP contribution >= 0.6 is 0 Å². The van der Waals surface area contributed by atoms with Crippen molar-refractivity contribution in [3.63, 3.8) is 0 Å². The Morgan fingerprint density at radius 3 is 2.82 bits per heavy atom. The van der Waals surface area contributed by atoms with E-state index in [1.165, 1.54) is 12.3 Å². The third-order valence-corrected chi connectivity index (χ3v) is 3.93. The van der Waals surface area contributed by atoms with Crippen LogP contribution in [0, 0.1) is 0 Å². The number of carbonyl (C=O) groups excluding carboxylic acids is 1. The average molecular weight is 303 g/mol. The number of fused-ring (bicyclic) bond motifs is 1. The van der Waals surface area contributed by atoms with Crippen molar-refractivity contribution in [3.05, 3.63) is 38.7 Å². The fraction of sp³-hybridized carbons (Fsp3) is 0.429. The Morgan fingerprint density at radius 2 is 2.09 bits per heavy atom. The van der Waals surface area contributed by atoms with Gasteiger partial charge in [0.1, 0.15) is 5.65 Å². The van der Waals surface area contributed by atoms with Gasteiger partial charge in [-0.15, -0.1) is 0 Å². The molecule has 2 N–H and O–H groups in total. The van der Waals surface area contributed by atoms with E-state index in [1.807, 2.05) is 14.0 Å². The van der Waals surface area contributed by atoms with Gasteiger partial charge in [0.15, 0.2) is 0 Å². The predicted molar refractivity (Wildman–Crippen MR) is 81.0 cm³/mol. The van der Waals surface area contributed by atoms with Crippen LogP contribution in [-0.4, -0.2) is 63.4 Å². The van der Waals surface area contributed by atoms with Gasteiger partial charge in [0.2, 0.25) is 0 Å². The van der Waals surface area contributed by atoms with Crippen LogP contribution in [0.2, 0.25) is 0 Å². The maximum absolute atomic E-state index is 12.6. The van der Waals surface area contributed by atoms with E-state index in [0.29, 0.717) is 12.1 Å². The van der Waals surface area contributed by atoms with Crippen LogP contribution < -0.4 is 11.2 Å². The molecule has 2 aromatic rings. The SMILES string of the molecule is CC1CN(C)CCN1C(=O)c1cnc2[nH]c(=O)[nH]c(=O)c2c1. The summed E-state index contributed by atoms with van der Waals surface area (Å²) >= 11 is 0. The van der Waals surface area contributed by atoms with Crippen LogP contribution in [0.3, 0.4) is 0 Å². The number of likely N-dealkylation sites (N-methyl/N-ethyl adjacent to an activating group) is 1. The molecule has 1 amide bonds. The Kier molecular flexibility index (Phi) is 3.53. The molecule has 1 aliphatic heterocycles. The van der Waals surface area contributed by atoms with Crippen molar-refractivity contribution < 1.29 is 4.79 Å². The van der Waals surface area contributed by atoms with Gasteiger partial charge in [-0.3, -0.25) is 19.6 Å². The number of nitrogens with zero attached hydrogens (tertiary/aromatic N) is 3. The summed E-state index contributed by atoms with van der Waals surface area (Å²) in [6.45, 7) is 4.24. The highest BCUT2D eigenvalue weighted by molar-refractivity contribution is 5.96. The number of aromatic nitrogens is 3. The predicted octanol–water partition coefficient (Wildman–Crippen LogP) is -0.612. The fourth-order valence-corrected chi connectivity index (χ4v) is 2.77. The fourth-order valence-electron chi connectivity index (χ4n) is 2.77. The van der Waals surface area contributed by atoms with Gasteiger partial charge in [-0.1, -0.05) is 0 Å². The van der Waals surface area contributed by atoms with Gasteiger partial charge in [0, 0.05) is 31.9 Å². The van der Waals surface area contributed by atoms with Crippen molar-refractivity contribution in [3.8, 4) is 0 Å². The van der Waals surface area contributed by atoms with E-state index >= 15 is 0 Å². The van der Waals surface area contributed by atoms with E-state index in [1.54, 1.807) is 4.90 Å². The highest BCUT2D eigenvalue weighted by Crippen LogP contribution is 2.14. The molecule has 3 rings (SSSR count). The molecule has 0 radical (unpaired) electrons. The van der Waals surface area contributed by atoms with Crippen molar-refractivity contribution >= 4 is 16.9 Å². The number of pyridine rings is 1. The maximum atomic E-state index is 12.6. The summed E-state index contributed by atoms with van der Waals surface area (Å²) in [5, 5.41) is 0.201. The van der Waals surface area contributed by atoms with Gasteiger partial charge in [-0.25, -0.2) is 9.78 Å². The molecule has 3 heterocycles. The number of aromatic amines is 2. The van der Waals surface area contributed by atoms with E-state index < -0.39 is 11.2 Å². The Labute approximate surface area is 125 Å². The smallest absolute Gasteiger partial charge is 0.327 e. The van der Waals surface area contributed by atoms with E-state index in [-0.39, 0.29) is 23.0 Å². The summed E-state index contributed by atoms with van der Waals surface area (Å²) in [6.07, 6.45) is 1.39. The molecule has 0 bridgehead atoms. The van der Waals surface area contributed by atoms with Crippen molar-refractivity contribution in [1.82, 2.24) is 24.8 Å². The molecule has 0 saturated carbocycles. The standard InChI is InChI=1S/C14H17N5O3/c1-8-7-18(2)3-4-19(8)13(21)9-5-10-11(15-6-9)16-14(22)17-12(10)20/h5-6,8H,3-4,7H2,1-2H3,(H2,15,16,17,20,22). The minimum absolute atomic E-state index is 0.0933. The molecule has 2 aromatic heterocycles. The molecule has 22 heavy (non-hydrogen) atoms. The van der Waals surface area contributed by atoms with E-state index in [2.05, 4.69) is 19.9 Å². The lowest BCUT2D eigenvalue weighted by Crippen LogP contribution is -2.52. The van der Waals surface area contributed by atoms with E-state index in [0.717, 1.165) is 13.1 Å². The first-order chi connectivity index (χ1) is 10.5. The molecule has 1 saturated heterocycles. The van der Waals surface area contributed by atoms with E-state index in [9.17, 15) is 14.4 Å². The minimum atomic E-state index is -0.614. The Bertz CT molecular complexity index is 840. The Hall–Kier alpha value is -2.48. The second-order valence-electron chi connectivity index (χ2n) is 5.64. The highest BCUT2D eigenvalue weighted by atomic mass is 16.2. The topological polar surface area (TPSA) is 102 Å². The number of hydrogen-bond donors (Lipinski definition) is 2. The zero-order valence-corrected chi connectivity index (χ0v) is 12.4.